The zero-order valence-electron chi connectivity index (χ0n) is 9.52. The highest BCUT2D eigenvalue weighted by atomic mass is 16.6. The summed E-state index contributed by atoms with van der Waals surface area (Å²) in [4.78, 5) is 15.4. The van der Waals surface area contributed by atoms with E-state index in [0.717, 1.165) is 19.3 Å². The summed E-state index contributed by atoms with van der Waals surface area (Å²) in [7, 11) is 0. The number of nitrogens with two attached hydrogens (primary N) is 1. The van der Waals surface area contributed by atoms with Crippen molar-refractivity contribution in [1.29, 1.82) is 0 Å². The molecule has 96 valence electrons. The highest BCUT2D eigenvalue weighted by molar-refractivity contribution is 5.75. The van der Waals surface area contributed by atoms with E-state index in [2.05, 4.69) is 10.2 Å². The fourth-order valence-electron chi connectivity index (χ4n) is 1.27. The molecule has 0 aliphatic heterocycles. The zero-order chi connectivity index (χ0) is 12.2. The van der Waals surface area contributed by atoms with Crippen molar-refractivity contribution in [3.63, 3.8) is 0 Å². The second kappa shape index (κ2) is 10.8. The summed E-state index contributed by atoms with van der Waals surface area (Å²) in [6, 6.07) is 0. The van der Waals surface area contributed by atoms with Gasteiger partial charge in [-0.2, -0.15) is 0 Å². The maximum absolute atomic E-state index is 11.1. The van der Waals surface area contributed by atoms with Crippen LogP contribution in [0.5, 0.6) is 0 Å². The Bertz CT molecular complexity index is 174. The Morgan fingerprint density at radius 1 is 1.31 bits per heavy atom. The van der Waals surface area contributed by atoms with Gasteiger partial charge in [0.15, 0.2) is 0 Å². The molecule has 0 aromatic carbocycles. The summed E-state index contributed by atoms with van der Waals surface area (Å²) in [5.74, 6) is 4.67. The van der Waals surface area contributed by atoms with Crippen LogP contribution in [0.1, 0.15) is 25.7 Å². The molecule has 0 aromatic rings. The minimum absolute atomic E-state index is 0.0106. The van der Waals surface area contributed by atoms with Crippen molar-refractivity contribution in [3.05, 3.63) is 0 Å². The van der Waals surface area contributed by atoms with Gasteiger partial charge < -0.3 is 20.4 Å². The lowest BCUT2D eigenvalue weighted by atomic mass is 10.0. The number of carbonyl (C=O) groups is 1. The van der Waals surface area contributed by atoms with Crippen molar-refractivity contribution in [1.82, 2.24) is 5.32 Å². The molecular weight excluding hydrogens is 212 g/mol. The minimum Gasteiger partial charge on any atom is -0.396 e. The van der Waals surface area contributed by atoms with Gasteiger partial charge in [0, 0.05) is 25.7 Å². The van der Waals surface area contributed by atoms with E-state index in [1.807, 2.05) is 0 Å². The number of hydrogen-bond acceptors (Lipinski definition) is 5. The lowest BCUT2D eigenvalue weighted by Gasteiger charge is -2.10. The van der Waals surface area contributed by atoms with Gasteiger partial charge in [-0.1, -0.05) is 6.42 Å². The van der Waals surface area contributed by atoms with E-state index in [4.69, 9.17) is 16.1 Å². The number of aliphatic hydroxyl groups excluding tert-OH is 2. The van der Waals surface area contributed by atoms with Crippen molar-refractivity contribution in [2.24, 2.45) is 11.8 Å². The number of unbranched alkanes of at least 4 members (excludes halogenated alkanes) is 1. The fourth-order valence-corrected chi connectivity index (χ4v) is 1.27. The Labute approximate surface area is 95.7 Å². The minimum atomic E-state index is -0.0775. The van der Waals surface area contributed by atoms with Gasteiger partial charge in [0.25, 0.3) is 0 Å². The first kappa shape index (κ1) is 15.3. The third kappa shape index (κ3) is 8.60. The van der Waals surface area contributed by atoms with Gasteiger partial charge in [-0.15, -0.1) is 0 Å². The van der Waals surface area contributed by atoms with Gasteiger partial charge in [0.1, 0.15) is 0 Å². The average Bonchev–Trinajstić information content (AvgIpc) is 2.31. The highest BCUT2D eigenvalue weighted by Gasteiger charge is 2.05. The average molecular weight is 234 g/mol. The smallest absolute Gasteiger partial charge is 0.222 e. The van der Waals surface area contributed by atoms with Crippen molar-refractivity contribution in [3.8, 4) is 0 Å². The summed E-state index contributed by atoms with van der Waals surface area (Å²) in [6.45, 7) is 0.851. The summed E-state index contributed by atoms with van der Waals surface area (Å²) in [5.41, 5.74) is 0. The number of hydrogen-bond donors (Lipinski definition) is 4. The maximum Gasteiger partial charge on any atom is 0.222 e. The van der Waals surface area contributed by atoms with E-state index in [1.165, 1.54) is 0 Å². The molecule has 0 bridgehead atoms. The van der Waals surface area contributed by atoms with Crippen molar-refractivity contribution >= 4 is 5.91 Å². The van der Waals surface area contributed by atoms with Gasteiger partial charge in [0.05, 0.1) is 13.0 Å². The molecule has 0 aromatic heterocycles. The molecule has 0 rings (SSSR count). The number of rotatable bonds is 10. The monoisotopic (exact) mass is 234 g/mol. The first-order valence-electron chi connectivity index (χ1n) is 5.54. The molecule has 6 heteroatoms. The number of carbonyl (C=O) groups excluding carboxylic acids is 1. The molecule has 0 aliphatic rings. The van der Waals surface area contributed by atoms with Gasteiger partial charge >= 0.3 is 0 Å². The maximum atomic E-state index is 11.1. The topological polar surface area (TPSA) is 105 Å². The van der Waals surface area contributed by atoms with Crippen molar-refractivity contribution in [2.45, 2.75) is 25.7 Å². The fraction of sp³-hybridized carbons (Fsp3) is 0.900. The molecule has 0 radical (unpaired) electrons. The molecule has 6 nitrogen and oxygen atoms in total. The standard InChI is InChI=1S/C10H22N2O4/c11-16-6-4-10(15)12-5-2-1-3-9(7-13)8-14/h9,13-14H,1-8,11H2,(H,12,15). The molecule has 0 atom stereocenters. The molecule has 0 saturated heterocycles. The van der Waals surface area contributed by atoms with Crippen LogP contribution in [0.15, 0.2) is 0 Å². The van der Waals surface area contributed by atoms with Crippen LogP contribution < -0.4 is 11.2 Å². The highest BCUT2D eigenvalue weighted by Crippen LogP contribution is 2.06. The van der Waals surface area contributed by atoms with Crippen molar-refractivity contribution in [2.75, 3.05) is 26.4 Å². The Kier molecular flexibility index (Phi) is 10.3. The van der Waals surface area contributed by atoms with E-state index in [0.29, 0.717) is 6.54 Å². The van der Waals surface area contributed by atoms with E-state index in [9.17, 15) is 4.79 Å². The van der Waals surface area contributed by atoms with Crippen LogP contribution >= 0.6 is 0 Å². The third-order valence-corrected chi connectivity index (χ3v) is 2.32. The third-order valence-electron chi connectivity index (χ3n) is 2.32. The Morgan fingerprint density at radius 3 is 2.56 bits per heavy atom. The summed E-state index contributed by atoms with van der Waals surface area (Å²) < 4.78 is 0. The van der Waals surface area contributed by atoms with Crippen LogP contribution in [0.2, 0.25) is 0 Å². The SMILES string of the molecule is NOCCC(=O)NCCCCC(CO)CO. The predicted molar refractivity (Wildman–Crippen MR) is 59.3 cm³/mol. The number of amides is 1. The lowest BCUT2D eigenvalue weighted by Crippen LogP contribution is -2.26. The lowest BCUT2D eigenvalue weighted by molar-refractivity contribution is -0.122. The van der Waals surface area contributed by atoms with Crippen LogP contribution in [0, 0.1) is 5.92 Å². The van der Waals surface area contributed by atoms with Crippen LogP contribution in [-0.2, 0) is 9.63 Å². The molecule has 5 N–H and O–H groups in total. The van der Waals surface area contributed by atoms with Crippen LogP contribution in [0.4, 0.5) is 0 Å². The summed E-state index contributed by atoms with van der Waals surface area (Å²) in [5, 5.41) is 20.4. The Morgan fingerprint density at radius 2 is 2.00 bits per heavy atom. The molecule has 0 fully saturated rings. The van der Waals surface area contributed by atoms with Crippen LogP contribution in [-0.4, -0.2) is 42.5 Å². The van der Waals surface area contributed by atoms with Gasteiger partial charge in [0.2, 0.25) is 5.91 Å². The zero-order valence-corrected chi connectivity index (χ0v) is 9.52. The van der Waals surface area contributed by atoms with Crippen LogP contribution in [0.3, 0.4) is 0 Å². The second-order valence-corrected chi connectivity index (χ2v) is 3.70. The molecule has 1 amide bonds. The molecule has 0 heterocycles. The van der Waals surface area contributed by atoms with Gasteiger partial charge in [-0.25, -0.2) is 5.90 Å². The predicted octanol–water partition coefficient (Wildman–Crippen LogP) is -0.846. The molecular formula is C10H22N2O4. The van der Waals surface area contributed by atoms with E-state index in [-0.39, 0.29) is 38.1 Å². The molecule has 0 unspecified atom stereocenters. The quantitative estimate of drug-likeness (QED) is 0.291. The largest absolute Gasteiger partial charge is 0.396 e. The van der Waals surface area contributed by atoms with Crippen LogP contribution in [0.25, 0.3) is 0 Å². The molecule has 16 heavy (non-hydrogen) atoms. The molecule has 0 aliphatic carbocycles. The Hall–Kier alpha value is -0.690. The number of nitrogens with one attached hydrogen (secondary N) is 1. The van der Waals surface area contributed by atoms with E-state index >= 15 is 0 Å². The molecule has 0 saturated carbocycles. The van der Waals surface area contributed by atoms with E-state index in [1.54, 1.807) is 0 Å². The molecule has 0 spiro atoms. The summed E-state index contributed by atoms with van der Waals surface area (Å²) in [6.07, 6.45) is 2.76. The first-order valence-corrected chi connectivity index (χ1v) is 5.54. The van der Waals surface area contributed by atoms with Gasteiger partial charge in [-0.05, 0) is 12.8 Å². The Balaban J connectivity index is 3.29. The number of aliphatic hydroxyl groups is 2. The van der Waals surface area contributed by atoms with E-state index < -0.39 is 0 Å². The summed E-state index contributed by atoms with van der Waals surface area (Å²) >= 11 is 0. The first-order chi connectivity index (χ1) is 7.74. The normalized spacial score (nSPS) is 10.8. The van der Waals surface area contributed by atoms with Gasteiger partial charge in [-0.3, -0.25) is 4.79 Å². The van der Waals surface area contributed by atoms with Crippen molar-refractivity contribution < 1.29 is 19.8 Å². The second-order valence-electron chi connectivity index (χ2n) is 3.70.